The van der Waals surface area contributed by atoms with Gasteiger partial charge in [0.05, 0.1) is 6.54 Å². The summed E-state index contributed by atoms with van der Waals surface area (Å²) in [6.45, 7) is 11.2. The molecule has 0 radical (unpaired) electrons. The molecule has 136 valence electrons. The molecule has 0 bridgehead atoms. The molecule has 1 fully saturated rings. The molecule has 1 aliphatic heterocycles. The van der Waals surface area contributed by atoms with Gasteiger partial charge >= 0.3 is 0 Å². The molecule has 3 heterocycles. The van der Waals surface area contributed by atoms with Gasteiger partial charge in [-0.15, -0.1) is 0 Å². The molecular weight excluding hydrogens is 314 g/mol. The average Bonchev–Trinajstić information content (AvgIpc) is 3.03. The highest BCUT2D eigenvalue weighted by atomic mass is 15.3. The quantitative estimate of drug-likeness (QED) is 0.825. The number of imidazole rings is 1. The summed E-state index contributed by atoms with van der Waals surface area (Å²) in [4.78, 5) is 20.7. The van der Waals surface area contributed by atoms with Crippen molar-refractivity contribution in [3.05, 3.63) is 30.0 Å². The van der Waals surface area contributed by atoms with Crippen molar-refractivity contribution in [2.45, 2.75) is 39.9 Å². The molecule has 25 heavy (non-hydrogen) atoms. The number of anilines is 2. The fourth-order valence-electron chi connectivity index (χ4n) is 3.28. The topological polar surface area (TPSA) is 53.3 Å². The van der Waals surface area contributed by atoms with E-state index in [-0.39, 0.29) is 0 Å². The van der Waals surface area contributed by atoms with Crippen LogP contribution in [-0.2, 0) is 13.1 Å². The van der Waals surface area contributed by atoms with Crippen molar-refractivity contribution in [3.63, 3.8) is 0 Å². The van der Waals surface area contributed by atoms with Crippen molar-refractivity contribution in [1.82, 2.24) is 24.4 Å². The fourth-order valence-corrected chi connectivity index (χ4v) is 3.28. The number of piperazine rings is 1. The van der Waals surface area contributed by atoms with Crippen LogP contribution in [0.3, 0.4) is 0 Å². The molecule has 0 aromatic carbocycles. The van der Waals surface area contributed by atoms with E-state index in [9.17, 15) is 0 Å². The van der Waals surface area contributed by atoms with Gasteiger partial charge in [0, 0.05) is 70.5 Å². The summed E-state index contributed by atoms with van der Waals surface area (Å²) in [5.74, 6) is 2.94. The van der Waals surface area contributed by atoms with E-state index < -0.39 is 0 Å². The van der Waals surface area contributed by atoms with Gasteiger partial charge in [-0.3, -0.25) is 4.90 Å². The van der Waals surface area contributed by atoms with Gasteiger partial charge in [0.1, 0.15) is 11.6 Å². The number of hydrogen-bond acceptors (Lipinski definition) is 6. The molecule has 0 amide bonds. The lowest BCUT2D eigenvalue weighted by Crippen LogP contribution is -2.52. The highest BCUT2D eigenvalue weighted by molar-refractivity contribution is 5.45. The second-order valence-electron chi connectivity index (χ2n) is 6.96. The van der Waals surface area contributed by atoms with Gasteiger partial charge in [0.2, 0.25) is 5.95 Å². The third kappa shape index (κ3) is 3.92. The first-order valence-electron chi connectivity index (χ1n) is 9.00. The molecule has 3 rings (SSSR count). The van der Waals surface area contributed by atoms with Crippen LogP contribution in [0.5, 0.6) is 0 Å². The minimum absolute atomic E-state index is 0.433. The summed E-state index contributed by atoms with van der Waals surface area (Å²) in [6, 6.07) is 2.45. The highest BCUT2D eigenvalue weighted by Crippen LogP contribution is 2.20. The highest BCUT2D eigenvalue weighted by Gasteiger charge is 2.26. The number of aryl methyl sites for hydroxylation is 2. The second kappa shape index (κ2) is 7.39. The third-order valence-electron chi connectivity index (χ3n) is 4.82. The zero-order valence-corrected chi connectivity index (χ0v) is 16.0. The first kappa shape index (κ1) is 17.7. The van der Waals surface area contributed by atoms with Gasteiger partial charge in [0.15, 0.2) is 0 Å². The number of rotatable bonds is 5. The molecule has 0 spiro atoms. The van der Waals surface area contributed by atoms with Crippen molar-refractivity contribution in [1.29, 1.82) is 0 Å². The van der Waals surface area contributed by atoms with Crippen molar-refractivity contribution in [3.8, 4) is 0 Å². The largest absolute Gasteiger partial charge is 0.363 e. The zero-order valence-electron chi connectivity index (χ0n) is 16.0. The Morgan fingerprint density at radius 3 is 2.72 bits per heavy atom. The molecule has 0 aliphatic carbocycles. The smallest absolute Gasteiger partial charge is 0.227 e. The summed E-state index contributed by atoms with van der Waals surface area (Å²) in [5, 5.41) is 0. The van der Waals surface area contributed by atoms with Crippen LogP contribution in [0.2, 0.25) is 0 Å². The Hall–Kier alpha value is -2.15. The number of nitrogens with zero attached hydrogens (tertiary/aromatic N) is 7. The van der Waals surface area contributed by atoms with Gasteiger partial charge in [-0.1, -0.05) is 0 Å². The van der Waals surface area contributed by atoms with Crippen LogP contribution in [0.15, 0.2) is 18.5 Å². The molecule has 7 nitrogen and oxygen atoms in total. The van der Waals surface area contributed by atoms with E-state index in [1.165, 1.54) is 0 Å². The molecule has 1 saturated heterocycles. The zero-order chi connectivity index (χ0) is 18.0. The molecule has 0 unspecified atom stereocenters. The summed E-state index contributed by atoms with van der Waals surface area (Å²) in [6.07, 6.45) is 3.95. The first-order chi connectivity index (χ1) is 12.0. The number of hydrogen-bond donors (Lipinski definition) is 0. The maximum absolute atomic E-state index is 4.73. The van der Waals surface area contributed by atoms with Crippen LogP contribution >= 0.6 is 0 Å². The normalized spacial score (nSPS) is 18.6. The van der Waals surface area contributed by atoms with Crippen LogP contribution in [0.1, 0.15) is 25.4 Å². The molecule has 7 heteroatoms. The van der Waals surface area contributed by atoms with Crippen molar-refractivity contribution >= 4 is 11.8 Å². The van der Waals surface area contributed by atoms with Gasteiger partial charge in [-0.2, -0.15) is 4.98 Å². The van der Waals surface area contributed by atoms with E-state index >= 15 is 0 Å². The van der Waals surface area contributed by atoms with Crippen LogP contribution in [-0.4, -0.2) is 64.2 Å². The van der Waals surface area contributed by atoms with Gasteiger partial charge in [-0.25, -0.2) is 9.97 Å². The van der Waals surface area contributed by atoms with E-state index in [4.69, 9.17) is 4.98 Å². The lowest BCUT2D eigenvalue weighted by atomic mass is 10.2. The van der Waals surface area contributed by atoms with E-state index in [0.717, 1.165) is 56.0 Å². The Kier molecular flexibility index (Phi) is 5.22. The van der Waals surface area contributed by atoms with Crippen LogP contribution in [0.4, 0.5) is 11.8 Å². The Morgan fingerprint density at radius 1 is 1.24 bits per heavy atom. The van der Waals surface area contributed by atoms with Crippen molar-refractivity contribution in [2.75, 3.05) is 43.5 Å². The van der Waals surface area contributed by atoms with Gasteiger partial charge in [0.25, 0.3) is 0 Å². The Bertz CT molecular complexity index is 709. The van der Waals surface area contributed by atoms with E-state index in [1.54, 1.807) is 0 Å². The number of aromatic nitrogens is 4. The Balaban J connectivity index is 1.69. The van der Waals surface area contributed by atoms with Crippen molar-refractivity contribution < 1.29 is 0 Å². The maximum atomic E-state index is 4.73. The third-order valence-corrected chi connectivity index (χ3v) is 4.82. The van der Waals surface area contributed by atoms with Crippen LogP contribution in [0.25, 0.3) is 0 Å². The molecule has 0 saturated carbocycles. The molecular formula is C18H29N7. The average molecular weight is 343 g/mol. The summed E-state index contributed by atoms with van der Waals surface area (Å²) in [5.41, 5.74) is 1.01. The Labute approximate surface area is 150 Å². The van der Waals surface area contributed by atoms with Gasteiger partial charge in [-0.05, 0) is 20.8 Å². The molecule has 1 atom stereocenters. The molecule has 1 aliphatic rings. The van der Waals surface area contributed by atoms with Crippen LogP contribution < -0.4 is 9.80 Å². The maximum Gasteiger partial charge on any atom is 0.227 e. The van der Waals surface area contributed by atoms with Gasteiger partial charge < -0.3 is 14.4 Å². The minimum atomic E-state index is 0.433. The minimum Gasteiger partial charge on any atom is -0.363 e. The summed E-state index contributed by atoms with van der Waals surface area (Å²) >= 11 is 0. The molecule has 0 N–H and O–H groups in total. The van der Waals surface area contributed by atoms with E-state index in [1.807, 2.05) is 38.2 Å². The lowest BCUT2D eigenvalue weighted by Gasteiger charge is -2.39. The SMILES string of the molecule is CCn1ccnc1CN1CCN(c2nc(C)cc(N(C)C)n2)C[C@H]1C. The Morgan fingerprint density at radius 2 is 2.04 bits per heavy atom. The standard InChI is InChI=1S/C18H29N7/c1-6-23-8-7-19-17(23)13-24-9-10-25(12-15(24)3)18-20-14(2)11-16(21-18)22(4)5/h7-8,11,15H,6,9-10,12-13H2,1-5H3/t15-/m1/s1. The molecule has 2 aromatic heterocycles. The fraction of sp³-hybridized carbons (Fsp3) is 0.611. The second-order valence-corrected chi connectivity index (χ2v) is 6.96. The first-order valence-corrected chi connectivity index (χ1v) is 9.00. The lowest BCUT2D eigenvalue weighted by molar-refractivity contribution is 0.173. The predicted octanol–water partition coefficient (Wildman–Crippen LogP) is 1.78. The summed E-state index contributed by atoms with van der Waals surface area (Å²) < 4.78 is 2.21. The predicted molar refractivity (Wildman–Crippen MR) is 101 cm³/mol. The van der Waals surface area contributed by atoms with Crippen molar-refractivity contribution in [2.24, 2.45) is 0 Å². The van der Waals surface area contributed by atoms with E-state index in [0.29, 0.717) is 6.04 Å². The summed E-state index contributed by atoms with van der Waals surface area (Å²) in [7, 11) is 4.03. The monoisotopic (exact) mass is 343 g/mol. The van der Waals surface area contributed by atoms with Crippen LogP contribution in [0, 0.1) is 6.92 Å². The van der Waals surface area contributed by atoms with E-state index in [2.05, 4.69) is 44.4 Å². The molecule has 2 aromatic rings.